The Hall–Kier alpha value is -1.71. The molecule has 6 heteroatoms. The van der Waals surface area contributed by atoms with Crippen LogP contribution in [0.4, 0.5) is 5.69 Å². The number of aryl methyl sites for hydroxylation is 1. The molecule has 0 saturated carbocycles. The van der Waals surface area contributed by atoms with Crippen molar-refractivity contribution in [2.45, 2.75) is 24.7 Å². The van der Waals surface area contributed by atoms with Gasteiger partial charge in [0.25, 0.3) is 0 Å². The van der Waals surface area contributed by atoms with Gasteiger partial charge >= 0.3 is 0 Å². The van der Waals surface area contributed by atoms with E-state index in [0.717, 1.165) is 18.4 Å². The van der Waals surface area contributed by atoms with Gasteiger partial charge in [0, 0.05) is 12.2 Å². The summed E-state index contributed by atoms with van der Waals surface area (Å²) in [6.45, 7) is 2.59. The lowest BCUT2D eigenvalue weighted by molar-refractivity contribution is 0.279. The molecule has 0 bridgehead atoms. The van der Waals surface area contributed by atoms with Crippen molar-refractivity contribution in [1.82, 2.24) is 4.31 Å². The number of terminal acetylenes is 1. The molecule has 0 aliphatic carbocycles. The van der Waals surface area contributed by atoms with Crippen LogP contribution < -0.4 is 10.5 Å². The van der Waals surface area contributed by atoms with Crippen LogP contribution in [0.2, 0.25) is 0 Å². The Morgan fingerprint density at radius 3 is 2.90 bits per heavy atom. The highest BCUT2D eigenvalue weighted by Crippen LogP contribution is 2.35. The Labute approximate surface area is 119 Å². The molecule has 1 aliphatic heterocycles. The highest BCUT2D eigenvalue weighted by Gasteiger charge is 2.29. The van der Waals surface area contributed by atoms with Gasteiger partial charge in [0.05, 0.1) is 13.2 Å². The van der Waals surface area contributed by atoms with E-state index in [1.165, 1.54) is 10.4 Å². The largest absolute Gasteiger partial charge is 0.492 e. The number of nitrogens with two attached hydrogens (primary N) is 1. The highest BCUT2D eigenvalue weighted by molar-refractivity contribution is 7.89. The molecular formula is C14H18N2O3S. The molecule has 0 saturated heterocycles. The summed E-state index contributed by atoms with van der Waals surface area (Å²) in [6.07, 6.45) is 6.86. The topological polar surface area (TPSA) is 72.6 Å². The number of nitrogens with zero attached hydrogens (tertiary/aromatic N) is 1. The summed E-state index contributed by atoms with van der Waals surface area (Å²) < 4.78 is 32.1. The molecular weight excluding hydrogens is 276 g/mol. The molecule has 0 fully saturated rings. The summed E-state index contributed by atoms with van der Waals surface area (Å²) >= 11 is 0. The van der Waals surface area contributed by atoms with Gasteiger partial charge in [-0.2, -0.15) is 4.31 Å². The fraction of sp³-hybridized carbons (Fsp3) is 0.429. The summed E-state index contributed by atoms with van der Waals surface area (Å²) in [4.78, 5) is 0.115. The molecule has 20 heavy (non-hydrogen) atoms. The Bertz CT molecular complexity index is 647. The molecule has 0 spiro atoms. The SMILES string of the molecule is C#CCN(CC)S(=O)(=O)c1cc(N)cc2c1OCCC2. The summed E-state index contributed by atoms with van der Waals surface area (Å²) in [6, 6.07) is 3.21. The predicted octanol–water partition coefficient (Wildman–Crippen LogP) is 1.24. The first-order valence-corrected chi connectivity index (χ1v) is 7.93. The summed E-state index contributed by atoms with van der Waals surface area (Å²) in [5.74, 6) is 2.78. The van der Waals surface area contributed by atoms with Crippen LogP contribution in [0, 0.1) is 12.3 Å². The first-order valence-electron chi connectivity index (χ1n) is 6.49. The van der Waals surface area contributed by atoms with Crippen LogP contribution in [0.5, 0.6) is 5.75 Å². The lowest BCUT2D eigenvalue weighted by Gasteiger charge is -2.24. The van der Waals surface area contributed by atoms with Gasteiger partial charge in [-0.05, 0) is 30.5 Å². The maximum atomic E-state index is 12.7. The van der Waals surface area contributed by atoms with E-state index >= 15 is 0 Å². The predicted molar refractivity (Wildman–Crippen MR) is 77.9 cm³/mol. The maximum absolute atomic E-state index is 12.7. The molecule has 1 heterocycles. The van der Waals surface area contributed by atoms with E-state index in [4.69, 9.17) is 16.9 Å². The molecule has 0 amide bonds. The quantitative estimate of drug-likeness (QED) is 0.670. The number of rotatable bonds is 4. The minimum atomic E-state index is -3.69. The van der Waals surface area contributed by atoms with Gasteiger partial charge in [-0.3, -0.25) is 0 Å². The first kappa shape index (κ1) is 14.7. The maximum Gasteiger partial charge on any atom is 0.247 e. The number of hydrogen-bond acceptors (Lipinski definition) is 4. The molecule has 0 aromatic heterocycles. The van der Waals surface area contributed by atoms with E-state index in [2.05, 4.69) is 5.92 Å². The molecule has 108 valence electrons. The van der Waals surface area contributed by atoms with Crippen molar-refractivity contribution in [3.63, 3.8) is 0 Å². The van der Waals surface area contributed by atoms with Gasteiger partial charge in [0.2, 0.25) is 10.0 Å². The van der Waals surface area contributed by atoms with E-state index in [1.807, 2.05) is 0 Å². The molecule has 1 aliphatic rings. The van der Waals surface area contributed by atoms with Crippen molar-refractivity contribution in [1.29, 1.82) is 0 Å². The lowest BCUT2D eigenvalue weighted by Crippen LogP contribution is -2.32. The zero-order chi connectivity index (χ0) is 14.8. The van der Waals surface area contributed by atoms with Crippen molar-refractivity contribution < 1.29 is 13.2 Å². The lowest BCUT2D eigenvalue weighted by atomic mass is 10.1. The zero-order valence-corrected chi connectivity index (χ0v) is 12.2. The number of fused-ring (bicyclic) bond motifs is 1. The third-order valence-electron chi connectivity index (χ3n) is 3.23. The van der Waals surface area contributed by atoms with Crippen molar-refractivity contribution >= 4 is 15.7 Å². The number of hydrogen-bond donors (Lipinski definition) is 1. The third-order valence-corrected chi connectivity index (χ3v) is 5.16. The minimum Gasteiger partial charge on any atom is -0.492 e. The van der Waals surface area contributed by atoms with Gasteiger partial charge in [-0.25, -0.2) is 8.42 Å². The van der Waals surface area contributed by atoms with E-state index in [0.29, 0.717) is 24.6 Å². The van der Waals surface area contributed by atoms with Crippen molar-refractivity contribution in [3.8, 4) is 18.1 Å². The number of sulfonamides is 1. The number of nitrogen functional groups attached to an aromatic ring is 1. The van der Waals surface area contributed by atoms with Gasteiger partial charge in [-0.1, -0.05) is 12.8 Å². The van der Waals surface area contributed by atoms with Crippen LogP contribution in [-0.4, -0.2) is 32.4 Å². The fourth-order valence-corrected chi connectivity index (χ4v) is 3.84. The molecule has 0 atom stereocenters. The second kappa shape index (κ2) is 5.73. The average Bonchev–Trinajstić information content (AvgIpc) is 2.43. The van der Waals surface area contributed by atoms with Crippen LogP contribution in [0.1, 0.15) is 18.9 Å². The number of benzene rings is 1. The monoisotopic (exact) mass is 294 g/mol. The van der Waals surface area contributed by atoms with Gasteiger partial charge in [0.15, 0.2) is 0 Å². The summed E-state index contributed by atoms with van der Waals surface area (Å²) in [5.41, 5.74) is 7.08. The van der Waals surface area contributed by atoms with Crippen LogP contribution in [0.15, 0.2) is 17.0 Å². The molecule has 5 nitrogen and oxygen atoms in total. The minimum absolute atomic E-state index is 0.0302. The van der Waals surface area contributed by atoms with Crippen LogP contribution in [0.25, 0.3) is 0 Å². The normalized spacial score (nSPS) is 14.4. The van der Waals surface area contributed by atoms with Crippen LogP contribution >= 0.6 is 0 Å². The summed E-state index contributed by atoms with van der Waals surface area (Å²) in [7, 11) is -3.69. The summed E-state index contributed by atoms with van der Waals surface area (Å²) in [5, 5.41) is 0. The Morgan fingerprint density at radius 2 is 2.25 bits per heavy atom. The number of anilines is 1. The standard InChI is InChI=1S/C14H18N2O3S/c1-3-7-16(4-2)20(17,18)13-10-12(15)9-11-6-5-8-19-14(11)13/h1,9-10H,4-8,15H2,2H3. The van der Waals surface area contributed by atoms with E-state index < -0.39 is 10.0 Å². The van der Waals surface area contributed by atoms with Crippen molar-refractivity contribution in [2.24, 2.45) is 0 Å². The number of ether oxygens (including phenoxy) is 1. The van der Waals surface area contributed by atoms with E-state index in [1.54, 1.807) is 13.0 Å². The molecule has 1 aromatic carbocycles. The Balaban J connectivity index is 2.57. The molecule has 2 rings (SSSR count). The molecule has 0 radical (unpaired) electrons. The molecule has 0 unspecified atom stereocenters. The van der Waals surface area contributed by atoms with Crippen LogP contribution in [-0.2, 0) is 16.4 Å². The zero-order valence-electron chi connectivity index (χ0n) is 11.4. The van der Waals surface area contributed by atoms with E-state index in [9.17, 15) is 8.42 Å². The third kappa shape index (κ3) is 2.60. The molecule has 2 N–H and O–H groups in total. The Morgan fingerprint density at radius 1 is 1.50 bits per heavy atom. The fourth-order valence-electron chi connectivity index (χ4n) is 2.27. The highest BCUT2D eigenvalue weighted by atomic mass is 32.2. The molecule has 1 aromatic rings. The van der Waals surface area contributed by atoms with Gasteiger partial charge < -0.3 is 10.5 Å². The Kier molecular flexibility index (Phi) is 4.21. The van der Waals surface area contributed by atoms with Crippen molar-refractivity contribution in [3.05, 3.63) is 17.7 Å². The van der Waals surface area contributed by atoms with Gasteiger partial charge in [-0.15, -0.1) is 6.42 Å². The smallest absolute Gasteiger partial charge is 0.247 e. The second-order valence-electron chi connectivity index (χ2n) is 4.59. The second-order valence-corrected chi connectivity index (χ2v) is 6.50. The van der Waals surface area contributed by atoms with E-state index in [-0.39, 0.29) is 11.4 Å². The van der Waals surface area contributed by atoms with Crippen LogP contribution in [0.3, 0.4) is 0 Å². The van der Waals surface area contributed by atoms with Crippen molar-refractivity contribution in [2.75, 3.05) is 25.4 Å². The van der Waals surface area contributed by atoms with Gasteiger partial charge in [0.1, 0.15) is 10.6 Å². The first-order chi connectivity index (χ1) is 9.50. The average molecular weight is 294 g/mol.